The minimum Gasteiger partial charge on any atom is -0.370 e. The highest BCUT2D eigenvalue weighted by molar-refractivity contribution is 5.78. The zero-order valence-corrected chi connectivity index (χ0v) is 11.7. The lowest BCUT2D eigenvalue weighted by Crippen LogP contribution is -2.37. The van der Waals surface area contributed by atoms with Crippen LogP contribution in [0.5, 0.6) is 0 Å². The van der Waals surface area contributed by atoms with Crippen molar-refractivity contribution in [1.82, 2.24) is 9.88 Å². The molecule has 0 fully saturated rings. The summed E-state index contributed by atoms with van der Waals surface area (Å²) >= 11 is 0. The molecule has 0 spiro atoms. The maximum absolute atomic E-state index is 5.95. The van der Waals surface area contributed by atoms with Crippen molar-refractivity contribution in [2.75, 3.05) is 32.1 Å². The third-order valence-corrected chi connectivity index (χ3v) is 2.79. The lowest BCUT2D eigenvalue weighted by atomic mass is 10.2. The van der Waals surface area contributed by atoms with Crippen LogP contribution in [0.3, 0.4) is 0 Å². The van der Waals surface area contributed by atoms with Gasteiger partial charge in [-0.2, -0.15) is 0 Å². The van der Waals surface area contributed by atoms with E-state index in [0.717, 1.165) is 24.5 Å². The number of anilines is 1. The third-order valence-electron chi connectivity index (χ3n) is 2.79. The van der Waals surface area contributed by atoms with Crippen molar-refractivity contribution in [2.45, 2.75) is 20.4 Å². The molecule has 0 atom stereocenters. The molecule has 0 aliphatic carbocycles. The van der Waals surface area contributed by atoms with E-state index in [-0.39, 0.29) is 0 Å². The molecule has 1 rings (SSSR count). The second-order valence-corrected chi connectivity index (χ2v) is 4.23. The molecule has 0 aliphatic rings. The van der Waals surface area contributed by atoms with Gasteiger partial charge in [0.1, 0.15) is 5.82 Å². The molecule has 0 bridgehead atoms. The van der Waals surface area contributed by atoms with E-state index in [4.69, 9.17) is 5.73 Å². The molecule has 0 amide bonds. The maximum Gasteiger partial charge on any atom is 0.191 e. The summed E-state index contributed by atoms with van der Waals surface area (Å²) in [5, 5.41) is 0. The lowest BCUT2D eigenvalue weighted by molar-refractivity contribution is 0.458. The van der Waals surface area contributed by atoms with E-state index in [0.29, 0.717) is 12.5 Å². The van der Waals surface area contributed by atoms with Gasteiger partial charge < -0.3 is 15.5 Å². The molecule has 0 aromatic carbocycles. The Bertz CT molecular complexity index is 396. The topological polar surface area (TPSA) is 57.8 Å². The van der Waals surface area contributed by atoms with E-state index in [1.54, 1.807) is 6.20 Å². The number of aromatic nitrogens is 1. The fraction of sp³-hybridized carbons (Fsp3) is 0.538. The number of rotatable bonds is 5. The molecule has 100 valence electrons. The van der Waals surface area contributed by atoms with Crippen LogP contribution in [0.15, 0.2) is 23.3 Å². The number of aliphatic imine (C=N–C) groups is 1. The van der Waals surface area contributed by atoms with Gasteiger partial charge in [-0.1, -0.05) is 6.07 Å². The monoisotopic (exact) mass is 249 g/mol. The van der Waals surface area contributed by atoms with Gasteiger partial charge in [-0.25, -0.2) is 9.98 Å². The number of pyridine rings is 1. The lowest BCUT2D eigenvalue weighted by Gasteiger charge is -2.20. The van der Waals surface area contributed by atoms with Crippen molar-refractivity contribution in [3.8, 4) is 0 Å². The molecule has 0 aliphatic heterocycles. The highest BCUT2D eigenvalue weighted by Gasteiger charge is 2.06. The van der Waals surface area contributed by atoms with Crippen LogP contribution in [0.2, 0.25) is 0 Å². The summed E-state index contributed by atoms with van der Waals surface area (Å²) in [5.74, 6) is 1.53. The molecule has 5 heteroatoms. The Morgan fingerprint density at radius 2 is 2.00 bits per heavy atom. The first-order valence-electron chi connectivity index (χ1n) is 6.26. The fourth-order valence-corrected chi connectivity index (χ4v) is 1.77. The number of nitrogens with zero attached hydrogens (tertiary/aromatic N) is 4. The minimum absolute atomic E-state index is 0.559. The standard InChI is InChI=1S/C13H23N5/c1-5-18(6-2)13(14)16-10-11-8-7-9-15-12(11)17(3)4/h7-9H,5-6,10H2,1-4H3,(H2,14,16). The van der Waals surface area contributed by atoms with Gasteiger partial charge in [0.2, 0.25) is 0 Å². The molecule has 2 N–H and O–H groups in total. The molecule has 0 saturated heterocycles. The zero-order chi connectivity index (χ0) is 13.5. The van der Waals surface area contributed by atoms with Crippen molar-refractivity contribution < 1.29 is 0 Å². The Labute approximate surface area is 109 Å². The van der Waals surface area contributed by atoms with Crippen LogP contribution in [0, 0.1) is 0 Å². The van der Waals surface area contributed by atoms with Crippen LogP contribution in [-0.4, -0.2) is 43.0 Å². The van der Waals surface area contributed by atoms with Crippen molar-refractivity contribution in [3.05, 3.63) is 23.9 Å². The van der Waals surface area contributed by atoms with E-state index >= 15 is 0 Å². The maximum atomic E-state index is 5.95. The van der Waals surface area contributed by atoms with Crippen LogP contribution in [-0.2, 0) is 6.54 Å². The summed E-state index contributed by atoms with van der Waals surface area (Å²) in [6.45, 7) is 6.45. The molecule has 0 unspecified atom stereocenters. The molecule has 0 saturated carbocycles. The van der Waals surface area contributed by atoms with Gasteiger partial charge >= 0.3 is 0 Å². The second kappa shape index (κ2) is 6.83. The van der Waals surface area contributed by atoms with E-state index in [2.05, 4.69) is 23.8 Å². The molecule has 1 aromatic rings. The Kier molecular flexibility index (Phi) is 5.42. The van der Waals surface area contributed by atoms with Crippen LogP contribution in [0.4, 0.5) is 5.82 Å². The molecular formula is C13H23N5. The normalized spacial score (nSPS) is 11.4. The SMILES string of the molecule is CCN(CC)C(N)=NCc1cccnc1N(C)C. The number of hydrogen-bond donors (Lipinski definition) is 1. The minimum atomic E-state index is 0.559. The van der Waals surface area contributed by atoms with E-state index < -0.39 is 0 Å². The summed E-state index contributed by atoms with van der Waals surface area (Å²) in [6, 6.07) is 3.95. The second-order valence-electron chi connectivity index (χ2n) is 4.23. The smallest absolute Gasteiger partial charge is 0.191 e. The van der Waals surface area contributed by atoms with Gasteiger partial charge in [0.25, 0.3) is 0 Å². The average molecular weight is 249 g/mol. The van der Waals surface area contributed by atoms with Gasteiger partial charge in [-0.05, 0) is 19.9 Å². The first-order valence-corrected chi connectivity index (χ1v) is 6.26. The van der Waals surface area contributed by atoms with Crippen LogP contribution in [0.1, 0.15) is 19.4 Å². The highest BCUT2D eigenvalue weighted by Crippen LogP contribution is 2.15. The Hall–Kier alpha value is -1.78. The van der Waals surface area contributed by atoms with Gasteiger partial charge in [0.15, 0.2) is 5.96 Å². The van der Waals surface area contributed by atoms with E-state index in [1.807, 2.05) is 36.0 Å². The fourth-order valence-electron chi connectivity index (χ4n) is 1.77. The number of nitrogens with two attached hydrogens (primary N) is 1. The molecule has 18 heavy (non-hydrogen) atoms. The van der Waals surface area contributed by atoms with Crippen molar-refractivity contribution in [2.24, 2.45) is 10.7 Å². The molecule has 1 aromatic heterocycles. The summed E-state index contributed by atoms with van der Waals surface area (Å²) in [5.41, 5.74) is 7.04. The number of hydrogen-bond acceptors (Lipinski definition) is 3. The van der Waals surface area contributed by atoms with Gasteiger partial charge in [0, 0.05) is 38.9 Å². The zero-order valence-electron chi connectivity index (χ0n) is 11.7. The van der Waals surface area contributed by atoms with E-state index in [1.165, 1.54) is 0 Å². The first kappa shape index (κ1) is 14.3. The summed E-state index contributed by atoms with van der Waals surface area (Å²) in [4.78, 5) is 12.8. The van der Waals surface area contributed by atoms with Crippen molar-refractivity contribution in [3.63, 3.8) is 0 Å². The molecule has 5 nitrogen and oxygen atoms in total. The van der Waals surface area contributed by atoms with Gasteiger partial charge in [0.05, 0.1) is 6.54 Å². The summed E-state index contributed by atoms with van der Waals surface area (Å²) < 4.78 is 0. The predicted octanol–water partition coefficient (Wildman–Crippen LogP) is 1.30. The molecule has 1 heterocycles. The highest BCUT2D eigenvalue weighted by atomic mass is 15.2. The summed E-state index contributed by atoms with van der Waals surface area (Å²) in [7, 11) is 3.95. The third kappa shape index (κ3) is 3.61. The Balaban J connectivity index is 2.82. The largest absolute Gasteiger partial charge is 0.370 e. The van der Waals surface area contributed by atoms with Crippen LogP contribution < -0.4 is 10.6 Å². The Morgan fingerprint density at radius 1 is 1.33 bits per heavy atom. The van der Waals surface area contributed by atoms with Gasteiger partial charge in [-0.3, -0.25) is 0 Å². The van der Waals surface area contributed by atoms with E-state index in [9.17, 15) is 0 Å². The first-order chi connectivity index (χ1) is 8.60. The van der Waals surface area contributed by atoms with Crippen molar-refractivity contribution in [1.29, 1.82) is 0 Å². The molecule has 0 radical (unpaired) electrons. The van der Waals surface area contributed by atoms with Crippen LogP contribution in [0.25, 0.3) is 0 Å². The Morgan fingerprint density at radius 3 is 2.56 bits per heavy atom. The molecular weight excluding hydrogens is 226 g/mol. The van der Waals surface area contributed by atoms with Gasteiger partial charge in [-0.15, -0.1) is 0 Å². The van der Waals surface area contributed by atoms with Crippen LogP contribution >= 0.6 is 0 Å². The summed E-state index contributed by atoms with van der Waals surface area (Å²) in [6.07, 6.45) is 1.79. The predicted molar refractivity (Wildman–Crippen MR) is 76.8 cm³/mol. The van der Waals surface area contributed by atoms with Crippen molar-refractivity contribution >= 4 is 11.8 Å². The quantitative estimate of drug-likeness (QED) is 0.631. The average Bonchev–Trinajstić information content (AvgIpc) is 2.38. The number of guanidine groups is 1.